The summed E-state index contributed by atoms with van der Waals surface area (Å²) in [6.45, 7) is 4.25. The summed E-state index contributed by atoms with van der Waals surface area (Å²) in [6.07, 6.45) is 5.01. The molecule has 98 valence electrons. The summed E-state index contributed by atoms with van der Waals surface area (Å²) in [5.74, 6) is 0. The first kappa shape index (κ1) is 14.2. The number of rotatable bonds is 7. The molecule has 4 heteroatoms. The van der Waals surface area contributed by atoms with Gasteiger partial charge >= 0.3 is 0 Å². The quantitative estimate of drug-likeness (QED) is 0.788. The molecule has 4 nitrogen and oxygen atoms in total. The van der Waals surface area contributed by atoms with E-state index in [0.717, 1.165) is 19.3 Å². The normalized spacial score (nSPS) is 13.9. The molecule has 0 saturated heterocycles. The van der Waals surface area contributed by atoms with Gasteiger partial charge in [0.15, 0.2) is 0 Å². The Morgan fingerprint density at radius 1 is 1.53 bits per heavy atom. The molecular formula is C13H25N3O. The van der Waals surface area contributed by atoms with Crippen LogP contribution in [-0.4, -0.2) is 35.6 Å². The zero-order valence-corrected chi connectivity index (χ0v) is 11.7. The van der Waals surface area contributed by atoms with Crippen molar-refractivity contribution in [1.82, 2.24) is 15.1 Å². The zero-order chi connectivity index (χ0) is 12.9. The summed E-state index contributed by atoms with van der Waals surface area (Å²) in [4.78, 5) is 0. The first-order chi connectivity index (χ1) is 7.98. The summed E-state index contributed by atoms with van der Waals surface area (Å²) >= 11 is 0. The molecule has 1 aromatic rings. The van der Waals surface area contributed by atoms with Crippen LogP contribution in [0.15, 0.2) is 12.3 Å². The van der Waals surface area contributed by atoms with Gasteiger partial charge in [0.1, 0.15) is 0 Å². The minimum absolute atomic E-state index is 0.0693. The molecule has 0 bridgehead atoms. The second kappa shape index (κ2) is 6.17. The number of nitrogens with zero attached hydrogens (tertiary/aromatic N) is 2. The van der Waals surface area contributed by atoms with E-state index in [-0.39, 0.29) is 5.60 Å². The van der Waals surface area contributed by atoms with Gasteiger partial charge in [0, 0.05) is 32.1 Å². The molecule has 0 spiro atoms. The lowest BCUT2D eigenvalue weighted by molar-refractivity contribution is 0.00700. The van der Waals surface area contributed by atoms with Crippen molar-refractivity contribution in [3.05, 3.63) is 18.0 Å². The van der Waals surface area contributed by atoms with Gasteiger partial charge in [0.2, 0.25) is 0 Å². The van der Waals surface area contributed by atoms with Crippen molar-refractivity contribution in [2.24, 2.45) is 7.05 Å². The van der Waals surface area contributed by atoms with Gasteiger partial charge < -0.3 is 10.1 Å². The Hall–Kier alpha value is -0.870. The van der Waals surface area contributed by atoms with Crippen molar-refractivity contribution in [2.45, 2.75) is 44.8 Å². The van der Waals surface area contributed by atoms with E-state index in [0.29, 0.717) is 6.04 Å². The largest absolute Gasteiger partial charge is 0.379 e. The van der Waals surface area contributed by atoms with Crippen molar-refractivity contribution >= 4 is 0 Å². The lowest BCUT2D eigenvalue weighted by atomic mass is 9.95. The van der Waals surface area contributed by atoms with E-state index in [4.69, 9.17) is 4.74 Å². The molecule has 0 aliphatic carbocycles. The van der Waals surface area contributed by atoms with Crippen LogP contribution in [0, 0.1) is 0 Å². The third-order valence-corrected chi connectivity index (χ3v) is 3.37. The molecule has 17 heavy (non-hydrogen) atoms. The molecule has 0 saturated carbocycles. The van der Waals surface area contributed by atoms with E-state index in [9.17, 15) is 0 Å². The van der Waals surface area contributed by atoms with Crippen LogP contribution in [0.2, 0.25) is 0 Å². The number of nitrogens with one attached hydrogen (secondary N) is 1. The molecule has 0 aliphatic rings. The van der Waals surface area contributed by atoms with Crippen LogP contribution in [0.4, 0.5) is 0 Å². The highest BCUT2D eigenvalue weighted by atomic mass is 16.5. The lowest BCUT2D eigenvalue weighted by Crippen LogP contribution is -2.36. The fourth-order valence-corrected chi connectivity index (χ4v) is 1.99. The van der Waals surface area contributed by atoms with Crippen LogP contribution in [0.25, 0.3) is 0 Å². The van der Waals surface area contributed by atoms with Gasteiger partial charge in [-0.1, -0.05) is 0 Å². The Morgan fingerprint density at radius 2 is 2.24 bits per heavy atom. The maximum Gasteiger partial charge on any atom is 0.0637 e. The third-order valence-electron chi connectivity index (χ3n) is 3.37. The first-order valence-corrected chi connectivity index (χ1v) is 6.18. The Labute approximate surface area is 104 Å². The molecular weight excluding hydrogens is 214 g/mol. The van der Waals surface area contributed by atoms with Gasteiger partial charge in [-0.15, -0.1) is 0 Å². The van der Waals surface area contributed by atoms with E-state index in [1.54, 1.807) is 7.11 Å². The number of hydrogen-bond donors (Lipinski definition) is 1. The molecule has 1 N–H and O–H groups in total. The number of aryl methyl sites for hydroxylation is 2. The SMILES string of the molecule is CNC(CCc1ccnn1C)CC(C)(C)OC. The van der Waals surface area contributed by atoms with Crippen molar-refractivity contribution in [2.75, 3.05) is 14.2 Å². The van der Waals surface area contributed by atoms with Crippen LogP contribution in [0.5, 0.6) is 0 Å². The fraction of sp³-hybridized carbons (Fsp3) is 0.769. The van der Waals surface area contributed by atoms with Crippen molar-refractivity contribution in [3.8, 4) is 0 Å². The van der Waals surface area contributed by atoms with Gasteiger partial charge in [-0.2, -0.15) is 5.10 Å². The average Bonchev–Trinajstić information content (AvgIpc) is 2.70. The number of aromatic nitrogens is 2. The van der Waals surface area contributed by atoms with Gasteiger partial charge in [0.05, 0.1) is 5.60 Å². The highest BCUT2D eigenvalue weighted by Crippen LogP contribution is 2.18. The molecule has 0 aliphatic heterocycles. The predicted molar refractivity (Wildman–Crippen MR) is 70.1 cm³/mol. The molecule has 0 amide bonds. The monoisotopic (exact) mass is 239 g/mol. The van der Waals surface area contributed by atoms with Crippen molar-refractivity contribution < 1.29 is 4.74 Å². The highest BCUT2D eigenvalue weighted by molar-refractivity contribution is 5.00. The molecule has 1 heterocycles. The number of methoxy groups -OCH3 is 1. The summed E-state index contributed by atoms with van der Waals surface area (Å²) in [6, 6.07) is 2.55. The van der Waals surface area contributed by atoms with E-state index in [2.05, 4.69) is 30.3 Å². The third kappa shape index (κ3) is 4.48. The molecule has 1 rings (SSSR count). The Kier molecular flexibility index (Phi) is 5.15. The maximum atomic E-state index is 5.47. The number of ether oxygens (including phenoxy) is 1. The van der Waals surface area contributed by atoms with E-state index >= 15 is 0 Å². The zero-order valence-electron chi connectivity index (χ0n) is 11.7. The van der Waals surface area contributed by atoms with Gasteiger partial charge in [0.25, 0.3) is 0 Å². The second-order valence-electron chi connectivity index (χ2n) is 5.14. The van der Waals surface area contributed by atoms with E-state index < -0.39 is 0 Å². The Bertz CT molecular complexity index is 333. The Balaban J connectivity index is 2.45. The number of hydrogen-bond acceptors (Lipinski definition) is 3. The van der Waals surface area contributed by atoms with Crippen molar-refractivity contribution in [3.63, 3.8) is 0 Å². The average molecular weight is 239 g/mol. The van der Waals surface area contributed by atoms with Gasteiger partial charge in [-0.05, 0) is 46.2 Å². The molecule has 0 radical (unpaired) electrons. The standard InChI is InChI=1S/C13H25N3O/c1-13(2,17-5)10-11(14-3)6-7-12-8-9-15-16(12)4/h8-9,11,14H,6-7,10H2,1-5H3. The Morgan fingerprint density at radius 3 is 2.71 bits per heavy atom. The predicted octanol–water partition coefficient (Wildman–Crippen LogP) is 1.76. The molecule has 1 aromatic heterocycles. The van der Waals surface area contributed by atoms with Crippen LogP contribution in [-0.2, 0) is 18.2 Å². The summed E-state index contributed by atoms with van der Waals surface area (Å²) < 4.78 is 7.41. The minimum Gasteiger partial charge on any atom is -0.379 e. The minimum atomic E-state index is -0.0693. The summed E-state index contributed by atoms with van der Waals surface area (Å²) in [7, 11) is 5.77. The van der Waals surface area contributed by atoms with Gasteiger partial charge in [-0.3, -0.25) is 4.68 Å². The fourth-order valence-electron chi connectivity index (χ4n) is 1.99. The van der Waals surface area contributed by atoms with E-state index in [1.165, 1.54) is 5.69 Å². The highest BCUT2D eigenvalue weighted by Gasteiger charge is 2.21. The maximum absolute atomic E-state index is 5.47. The van der Waals surface area contributed by atoms with Gasteiger partial charge in [-0.25, -0.2) is 0 Å². The molecule has 0 aromatic carbocycles. The molecule has 1 atom stereocenters. The van der Waals surface area contributed by atoms with Crippen LogP contribution in [0.3, 0.4) is 0 Å². The first-order valence-electron chi connectivity index (χ1n) is 6.18. The van der Waals surface area contributed by atoms with Crippen LogP contribution >= 0.6 is 0 Å². The van der Waals surface area contributed by atoms with Crippen LogP contribution in [0.1, 0.15) is 32.4 Å². The summed E-state index contributed by atoms with van der Waals surface area (Å²) in [5.41, 5.74) is 1.21. The lowest BCUT2D eigenvalue weighted by Gasteiger charge is -2.28. The smallest absolute Gasteiger partial charge is 0.0637 e. The second-order valence-corrected chi connectivity index (χ2v) is 5.14. The summed E-state index contributed by atoms with van der Waals surface area (Å²) in [5, 5.41) is 7.55. The topological polar surface area (TPSA) is 39.1 Å². The molecule has 0 fully saturated rings. The molecule has 1 unspecified atom stereocenters. The van der Waals surface area contributed by atoms with E-state index in [1.807, 2.05) is 25.0 Å². The van der Waals surface area contributed by atoms with Crippen LogP contribution < -0.4 is 5.32 Å². The van der Waals surface area contributed by atoms with Crippen molar-refractivity contribution in [1.29, 1.82) is 0 Å².